The average Bonchev–Trinajstić information content (AvgIpc) is 2.30. The first kappa shape index (κ1) is 15.1. The largest absolute Gasteiger partial charge is 0.376 e. The summed E-state index contributed by atoms with van der Waals surface area (Å²) in [5, 5.41) is 3.28. The fourth-order valence-electron chi connectivity index (χ4n) is 2.19. The summed E-state index contributed by atoms with van der Waals surface area (Å²) >= 11 is 0. The summed E-state index contributed by atoms with van der Waals surface area (Å²) < 4.78 is 18.9. The van der Waals surface area contributed by atoms with Crippen LogP contribution < -0.4 is 5.32 Å². The zero-order valence-corrected chi connectivity index (χ0v) is 12.0. The highest BCUT2D eigenvalue weighted by atomic mass is 19.1. The summed E-state index contributed by atoms with van der Waals surface area (Å²) in [5.41, 5.74) is 1.06. The van der Waals surface area contributed by atoms with Crippen molar-refractivity contribution in [1.82, 2.24) is 5.32 Å². The van der Waals surface area contributed by atoms with Gasteiger partial charge in [-0.15, -0.1) is 0 Å². The first-order valence-corrected chi connectivity index (χ1v) is 6.44. The third-order valence-corrected chi connectivity index (χ3v) is 3.04. The van der Waals surface area contributed by atoms with Gasteiger partial charge in [0.2, 0.25) is 0 Å². The molecule has 1 aromatic carbocycles. The van der Waals surface area contributed by atoms with Crippen molar-refractivity contribution in [3.05, 3.63) is 35.6 Å². The Labute approximate surface area is 110 Å². The van der Waals surface area contributed by atoms with Crippen LogP contribution in [0.5, 0.6) is 0 Å². The summed E-state index contributed by atoms with van der Waals surface area (Å²) in [6.07, 6.45) is 0.0398. The molecule has 0 aliphatic rings. The Bertz CT molecular complexity index is 356. The monoisotopic (exact) mass is 253 g/mol. The second-order valence-electron chi connectivity index (χ2n) is 5.56. The lowest BCUT2D eigenvalue weighted by Gasteiger charge is -2.37. The molecule has 0 spiro atoms. The summed E-state index contributed by atoms with van der Waals surface area (Å²) in [6, 6.07) is 6.67. The SMILES string of the molecule is CCOC(C(NC)c1ccc(F)cc1)C(C)(C)C. The van der Waals surface area contributed by atoms with Crippen LogP contribution in [0.25, 0.3) is 0 Å². The Morgan fingerprint density at radius 1 is 1.22 bits per heavy atom. The van der Waals surface area contributed by atoms with Gasteiger partial charge in [-0.1, -0.05) is 32.9 Å². The molecule has 0 bridgehead atoms. The number of rotatable bonds is 5. The van der Waals surface area contributed by atoms with Gasteiger partial charge < -0.3 is 10.1 Å². The lowest BCUT2D eigenvalue weighted by molar-refractivity contribution is -0.0350. The van der Waals surface area contributed by atoms with Crippen LogP contribution in [-0.2, 0) is 4.74 Å². The van der Waals surface area contributed by atoms with Crippen molar-refractivity contribution in [1.29, 1.82) is 0 Å². The second-order valence-corrected chi connectivity index (χ2v) is 5.56. The van der Waals surface area contributed by atoms with Gasteiger partial charge in [0.25, 0.3) is 0 Å². The summed E-state index contributed by atoms with van der Waals surface area (Å²) in [5.74, 6) is -0.211. The van der Waals surface area contributed by atoms with Gasteiger partial charge >= 0.3 is 0 Å². The maximum Gasteiger partial charge on any atom is 0.123 e. The van der Waals surface area contributed by atoms with E-state index in [1.165, 1.54) is 12.1 Å². The third-order valence-electron chi connectivity index (χ3n) is 3.04. The standard InChI is InChI=1S/C15H24FNO/c1-6-18-14(15(2,3)4)13(17-5)11-7-9-12(16)10-8-11/h7-10,13-14,17H,6H2,1-5H3. The van der Waals surface area contributed by atoms with E-state index in [0.717, 1.165) is 5.56 Å². The molecule has 3 heteroatoms. The van der Waals surface area contributed by atoms with Crippen LogP contribution in [0.15, 0.2) is 24.3 Å². The number of benzene rings is 1. The van der Waals surface area contributed by atoms with Crippen LogP contribution in [0.3, 0.4) is 0 Å². The minimum absolute atomic E-state index is 0.0120. The van der Waals surface area contributed by atoms with E-state index in [2.05, 4.69) is 26.1 Å². The predicted octanol–water partition coefficient (Wildman–Crippen LogP) is 3.54. The molecule has 18 heavy (non-hydrogen) atoms. The van der Waals surface area contributed by atoms with E-state index in [0.29, 0.717) is 6.61 Å². The Morgan fingerprint density at radius 3 is 2.17 bits per heavy atom. The predicted molar refractivity (Wildman–Crippen MR) is 73.1 cm³/mol. The number of hydrogen-bond donors (Lipinski definition) is 1. The fourth-order valence-corrected chi connectivity index (χ4v) is 2.19. The maximum atomic E-state index is 13.0. The van der Waals surface area contributed by atoms with E-state index >= 15 is 0 Å². The van der Waals surface area contributed by atoms with Crippen molar-refractivity contribution in [2.24, 2.45) is 5.41 Å². The average molecular weight is 253 g/mol. The molecule has 0 saturated carbocycles. The van der Waals surface area contributed by atoms with Crippen LogP contribution in [0.4, 0.5) is 4.39 Å². The van der Waals surface area contributed by atoms with E-state index < -0.39 is 0 Å². The molecule has 1 N–H and O–H groups in total. The van der Waals surface area contributed by atoms with E-state index in [1.807, 2.05) is 26.1 Å². The van der Waals surface area contributed by atoms with Crippen LogP contribution >= 0.6 is 0 Å². The fraction of sp³-hybridized carbons (Fsp3) is 0.600. The van der Waals surface area contributed by atoms with E-state index in [1.54, 1.807) is 0 Å². The smallest absolute Gasteiger partial charge is 0.123 e. The molecule has 0 amide bonds. The van der Waals surface area contributed by atoms with Gasteiger partial charge in [0.15, 0.2) is 0 Å². The number of ether oxygens (including phenoxy) is 1. The minimum Gasteiger partial charge on any atom is -0.376 e. The minimum atomic E-state index is -0.211. The first-order valence-electron chi connectivity index (χ1n) is 6.44. The maximum absolute atomic E-state index is 13.0. The van der Waals surface area contributed by atoms with Crippen molar-refractivity contribution in [2.75, 3.05) is 13.7 Å². The van der Waals surface area contributed by atoms with Gasteiger partial charge in [0, 0.05) is 6.61 Å². The first-order chi connectivity index (χ1) is 8.40. The quantitative estimate of drug-likeness (QED) is 0.866. The van der Waals surface area contributed by atoms with Crippen molar-refractivity contribution >= 4 is 0 Å². The number of halogens is 1. The lowest BCUT2D eigenvalue weighted by Crippen LogP contribution is -2.41. The van der Waals surface area contributed by atoms with Crippen molar-refractivity contribution < 1.29 is 9.13 Å². The van der Waals surface area contributed by atoms with E-state index in [-0.39, 0.29) is 23.4 Å². The molecule has 102 valence electrons. The molecule has 2 atom stereocenters. The Morgan fingerprint density at radius 2 is 1.78 bits per heavy atom. The zero-order valence-electron chi connectivity index (χ0n) is 12.0. The molecule has 2 nitrogen and oxygen atoms in total. The molecule has 0 aliphatic carbocycles. The molecule has 0 saturated heterocycles. The third kappa shape index (κ3) is 3.79. The second kappa shape index (κ2) is 6.30. The summed E-state index contributed by atoms with van der Waals surface area (Å²) in [4.78, 5) is 0. The Kier molecular flexibility index (Phi) is 5.29. The molecular formula is C15H24FNO. The van der Waals surface area contributed by atoms with Crippen molar-refractivity contribution in [3.8, 4) is 0 Å². The molecular weight excluding hydrogens is 229 g/mol. The van der Waals surface area contributed by atoms with Gasteiger partial charge in [0.05, 0.1) is 12.1 Å². The molecule has 1 aromatic rings. The molecule has 1 rings (SSSR count). The Hall–Kier alpha value is -0.930. The number of likely N-dealkylation sites (N-methyl/N-ethyl adjacent to an activating group) is 1. The van der Waals surface area contributed by atoms with Gasteiger partial charge in [-0.25, -0.2) is 4.39 Å². The van der Waals surface area contributed by atoms with Gasteiger partial charge in [-0.05, 0) is 37.1 Å². The normalized spacial score (nSPS) is 15.4. The highest BCUT2D eigenvalue weighted by Gasteiger charge is 2.33. The highest BCUT2D eigenvalue weighted by Crippen LogP contribution is 2.32. The van der Waals surface area contributed by atoms with Gasteiger partial charge in [-0.2, -0.15) is 0 Å². The lowest BCUT2D eigenvalue weighted by atomic mass is 9.82. The molecule has 0 fully saturated rings. The molecule has 0 aromatic heterocycles. The van der Waals surface area contributed by atoms with Crippen LogP contribution in [0.2, 0.25) is 0 Å². The molecule has 0 heterocycles. The van der Waals surface area contributed by atoms with Crippen LogP contribution in [0.1, 0.15) is 39.3 Å². The summed E-state index contributed by atoms with van der Waals surface area (Å²) in [7, 11) is 1.91. The van der Waals surface area contributed by atoms with E-state index in [9.17, 15) is 4.39 Å². The van der Waals surface area contributed by atoms with Crippen LogP contribution in [0, 0.1) is 11.2 Å². The van der Waals surface area contributed by atoms with Gasteiger partial charge in [0.1, 0.15) is 5.82 Å². The molecule has 0 radical (unpaired) electrons. The zero-order chi connectivity index (χ0) is 13.8. The topological polar surface area (TPSA) is 21.3 Å². The van der Waals surface area contributed by atoms with Gasteiger partial charge in [-0.3, -0.25) is 0 Å². The highest BCUT2D eigenvalue weighted by molar-refractivity contribution is 5.21. The summed E-state index contributed by atoms with van der Waals surface area (Å²) in [6.45, 7) is 9.13. The van der Waals surface area contributed by atoms with Crippen molar-refractivity contribution in [3.63, 3.8) is 0 Å². The van der Waals surface area contributed by atoms with Crippen LogP contribution in [-0.4, -0.2) is 19.8 Å². The molecule has 2 unspecified atom stereocenters. The number of nitrogens with one attached hydrogen (secondary N) is 1. The van der Waals surface area contributed by atoms with Crippen molar-refractivity contribution in [2.45, 2.75) is 39.8 Å². The Balaban J connectivity index is 3.02. The molecule has 0 aliphatic heterocycles. The van der Waals surface area contributed by atoms with E-state index in [4.69, 9.17) is 4.74 Å². The number of hydrogen-bond acceptors (Lipinski definition) is 2.